The van der Waals surface area contributed by atoms with E-state index in [1.807, 2.05) is 18.2 Å². The molecule has 1 rings (SSSR count). The minimum atomic E-state index is 0.107. The van der Waals surface area contributed by atoms with Crippen molar-refractivity contribution in [3.8, 4) is 11.5 Å². The number of unbranched alkanes of at least 4 members (excludes halogenated alkanes) is 3. The Balaban J connectivity index is 2.39. The number of carbonyl (C=O) groups is 1. The molecule has 0 heterocycles. The van der Waals surface area contributed by atoms with Crippen LogP contribution in [0.3, 0.4) is 0 Å². The third-order valence-electron chi connectivity index (χ3n) is 3.20. The van der Waals surface area contributed by atoms with Crippen LogP contribution in [0.4, 0.5) is 0 Å². The van der Waals surface area contributed by atoms with Gasteiger partial charge in [-0.1, -0.05) is 32.3 Å². The van der Waals surface area contributed by atoms with Crippen LogP contribution in [0, 0.1) is 0 Å². The van der Waals surface area contributed by atoms with E-state index in [9.17, 15) is 4.79 Å². The summed E-state index contributed by atoms with van der Waals surface area (Å²) >= 11 is 0. The molecule has 112 valence electrons. The van der Waals surface area contributed by atoms with Crippen molar-refractivity contribution in [2.24, 2.45) is 0 Å². The van der Waals surface area contributed by atoms with Gasteiger partial charge < -0.3 is 14.8 Å². The molecule has 0 aromatic heterocycles. The number of carbonyl (C=O) groups excluding carboxylic acids is 1. The van der Waals surface area contributed by atoms with E-state index in [0.717, 1.165) is 18.4 Å². The molecule has 0 unspecified atom stereocenters. The van der Waals surface area contributed by atoms with Crippen molar-refractivity contribution in [3.05, 3.63) is 23.8 Å². The molecule has 0 fully saturated rings. The van der Waals surface area contributed by atoms with Gasteiger partial charge in [0, 0.05) is 13.0 Å². The van der Waals surface area contributed by atoms with E-state index in [1.54, 1.807) is 14.2 Å². The van der Waals surface area contributed by atoms with Crippen molar-refractivity contribution in [2.45, 2.75) is 45.6 Å². The van der Waals surface area contributed by atoms with Gasteiger partial charge in [-0.3, -0.25) is 4.79 Å². The molecule has 0 aliphatic rings. The quantitative estimate of drug-likeness (QED) is 0.706. The van der Waals surface area contributed by atoms with Gasteiger partial charge in [0.1, 0.15) is 0 Å². The second-order valence-electron chi connectivity index (χ2n) is 4.78. The highest BCUT2D eigenvalue weighted by Gasteiger charge is 2.06. The molecule has 1 aromatic rings. The van der Waals surface area contributed by atoms with Gasteiger partial charge in [-0.05, 0) is 24.1 Å². The summed E-state index contributed by atoms with van der Waals surface area (Å²) < 4.78 is 10.4. The maximum absolute atomic E-state index is 11.7. The monoisotopic (exact) mass is 279 g/mol. The van der Waals surface area contributed by atoms with E-state index in [-0.39, 0.29) is 5.91 Å². The summed E-state index contributed by atoms with van der Waals surface area (Å²) in [5.74, 6) is 1.49. The van der Waals surface area contributed by atoms with Crippen LogP contribution < -0.4 is 14.8 Å². The minimum absolute atomic E-state index is 0.107. The Morgan fingerprint density at radius 2 is 1.85 bits per heavy atom. The Morgan fingerprint density at radius 1 is 1.10 bits per heavy atom. The Bertz CT molecular complexity index is 418. The van der Waals surface area contributed by atoms with Crippen LogP contribution in [0.1, 0.15) is 44.6 Å². The molecule has 4 nitrogen and oxygen atoms in total. The zero-order valence-electron chi connectivity index (χ0n) is 12.7. The number of amides is 1. The number of methoxy groups -OCH3 is 2. The number of hydrogen-bond acceptors (Lipinski definition) is 3. The van der Waals surface area contributed by atoms with Crippen molar-refractivity contribution in [2.75, 3.05) is 14.2 Å². The smallest absolute Gasteiger partial charge is 0.220 e. The zero-order chi connectivity index (χ0) is 14.8. The van der Waals surface area contributed by atoms with Crippen LogP contribution in [0.15, 0.2) is 18.2 Å². The summed E-state index contributed by atoms with van der Waals surface area (Å²) in [6.45, 7) is 2.68. The van der Waals surface area contributed by atoms with Gasteiger partial charge in [-0.15, -0.1) is 0 Å². The molecule has 1 N–H and O–H groups in total. The van der Waals surface area contributed by atoms with E-state index in [2.05, 4.69) is 12.2 Å². The second-order valence-corrected chi connectivity index (χ2v) is 4.78. The summed E-state index contributed by atoms with van der Waals surface area (Å²) in [5.41, 5.74) is 1.00. The summed E-state index contributed by atoms with van der Waals surface area (Å²) in [5, 5.41) is 2.93. The molecular weight excluding hydrogens is 254 g/mol. The van der Waals surface area contributed by atoms with E-state index in [0.29, 0.717) is 24.5 Å². The highest BCUT2D eigenvalue weighted by molar-refractivity contribution is 5.75. The van der Waals surface area contributed by atoms with Crippen LogP contribution >= 0.6 is 0 Å². The number of ether oxygens (including phenoxy) is 2. The normalized spacial score (nSPS) is 10.2. The molecular formula is C16H25NO3. The van der Waals surface area contributed by atoms with Gasteiger partial charge in [-0.2, -0.15) is 0 Å². The first-order valence-electron chi connectivity index (χ1n) is 7.18. The third kappa shape index (κ3) is 5.51. The Hall–Kier alpha value is -1.71. The molecule has 0 saturated carbocycles. The van der Waals surface area contributed by atoms with E-state index in [4.69, 9.17) is 9.47 Å². The summed E-state index contributed by atoms with van der Waals surface area (Å²) in [4.78, 5) is 11.7. The van der Waals surface area contributed by atoms with Gasteiger partial charge >= 0.3 is 0 Å². The SMILES string of the molecule is CCCCCCC(=O)NCc1ccc(OC)c(OC)c1. The second kappa shape index (κ2) is 9.23. The van der Waals surface area contributed by atoms with Crippen molar-refractivity contribution in [1.82, 2.24) is 5.32 Å². The van der Waals surface area contributed by atoms with E-state index < -0.39 is 0 Å². The lowest BCUT2D eigenvalue weighted by molar-refractivity contribution is -0.121. The van der Waals surface area contributed by atoms with Crippen LogP contribution in [0.5, 0.6) is 11.5 Å². The lowest BCUT2D eigenvalue weighted by atomic mass is 10.1. The van der Waals surface area contributed by atoms with Gasteiger partial charge in [0.15, 0.2) is 11.5 Å². The predicted octanol–water partition coefficient (Wildman–Crippen LogP) is 3.29. The molecule has 4 heteroatoms. The van der Waals surface area contributed by atoms with Gasteiger partial charge in [0.05, 0.1) is 14.2 Å². The molecule has 0 aliphatic carbocycles. The molecule has 0 bridgehead atoms. The highest BCUT2D eigenvalue weighted by atomic mass is 16.5. The number of nitrogens with one attached hydrogen (secondary N) is 1. The summed E-state index contributed by atoms with van der Waals surface area (Å²) in [7, 11) is 3.21. The lowest BCUT2D eigenvalue weighted by Crippen LogP contribution is -2.22. The van der Waals surface area contributed by atoms with Gasteiger partial charge in [0.25, 0.3) is 0 Å². The molecule has 20 heavy (non-hydrogen) atoms. The fourth-order valence-corrected chi connectivity index (χ4v) is 1.99. The fraction of sp³-hybridized carbons (Fsp3) is 0.562. The largest absolute Gasteiger partial charge is 0.493 e. The molecule has 0 saturated heterocycles. The van der Waals surface area contributed by atoms with Crippen molar-refractivity contribution in [3.63, 3.8) is 0 Å². The van der Waals surface area contributed by atoms with Crippen LogP contribution in [0.2, 0.25) is 0 Å². The van der Waals surface area contributed by atoms with Crippen molar-refractivity contribution in [1.29, 1.82) is 0 Å². The van der Waals surface area contributed by atoms with Crippen molar-refractivity contribution < 1.29 is 14.3 Å². The molecule has 0 atom stereocenters. The van der Waals surface area contributed by atoms with Gasteiger partial charge in [0.2, 0.25) is 5.91 Å². The topological polar surface area (TPSA) is 47.6 Å². The molecule has 0 radical (unpaired) electrons. The Morgan fingerprint density at radius 3 is 2.50 bits per heavy atom. The van der Waals surface area contributed by atoms with E-state index >= 15 is 0 Å². The van der Waals surface area contributed by atoms with Crippen molar-refractivity contribution >= 4 is 5.91 Å². The lowest BCUT2D eigenvalue weighted by Gasteiger charge is -2.10. The minimum Gasteiger partial charge on any atom is -0.493 e. The summed E-state index contributed by atoms with van der Waals surface area (Å²) in [6.07, 6.45) is 5.08. The average molecular weight is 279 g/mol. The molecule has 0 spiro atoms. The number of benzene rings is 1. The first kappa shape index (κ1) is 16.3. The molecule has 0 aliphatic heterocycles. The number of hydrogen-bond donors (Lipinski definition) is 1. The molecule has 1 aromatic carbocycles. The Labute approximate surface area is 121 Å². The average Bonchev–Trinajstić information content (AvgIpc) is 2.49. The van der Waals surface area contributed by atoms with Crippen LogP contribution in [-0.2, 0) is 11.3 Å². The van der Waals surface area contributed by atoms with Gasteiger partial charge in [-0.25, -0.2) is 0 Å². The zero-order valence-corrected chi connectivity index (χ0v) is 12.7. The van der Waals surface area contributed by atoms with E-state index in [1.165, 1.54) is 12.8 Å². The van der Waals surface area contributed by atoms with Crippen LogP contribution in [0.25, 0.3) is 0 Å². The highest BCUT2D eigenvalue weighted by Crippen LogP contribution is 2.27. The fourth-order valence-electron chi connectivity index (χ4n) is 1.99. The predicted molar refractivity (Wildman–Crippen MR) is 80.2 cm³/mol. The molecule has 1 amide bonds. The third-order valence-corrected chi connectivity index (χ3v) is 3.20. The number of rotatable bonds is 9. The summed E-state index contributed by atoms with van der Waals surface area (Å²) in [6, 6.07) is 5.66. The first-order valence-corrected chi connectivity index (χ1v) is 7.18. The maximum atomic E-state index is 11.7. The Kier molecular flexibility index (Phi) is 7.55. The van der Waals surface area contributed by atoms with Crippen LogP contribution in [-0.4, -0.2) is 20.1 Å². The first-order chi connectivity index (χ1) is 9.71. The standard InChI is InChI=1S/C16H25NO3/c1-4-5-6-7-8-16(18)17-12-13-9-10-14(19-2)15(11-13)20-3/h9-11H,4-8,12H2,1-3H3,(H,17,18). The maximum Gasteiger partial charge on any atom is 0.220 e.